The van der Waals surface area contributed by atoms with E-state index in [1.165, 1.54) is 151 Å². The van der Waals surface area contributed by atoms with Gasteiger partial charge in [-0.1, -0.05) is 237 Å². The van der Waals surface area contributed by atoms with Gasteiger partial charge in [0, 0.05) is 75.5 Å². The summed E-state index contributed by atoms with van der Waals surface area (Å²) < 4.78 is 23.5. The molecule has 3 nitrogen and oxygen atoms in total. The van der Waals surface area contributed by atoms with Crippen molar-refractivity contribution >= 4 is 140 Å². The van der Waals surface area contributed by atoms with Crippen molar-refractivity contribution in [3.05, 3.63) is 303 Å². The molecule has 1 aliphatic rings. The number of furan rings is 3. The van der Waals surface area contributed by atoms with Gasteiger partial charge < -0.3 is 13.3 Å². The highest BCUT2D eigenvalue weighted by atomic mass is 32.1. The van der Waals surface area contributed by atoms with Crippen molar-refractivity contribution in [1.82, 2.24) is 0 Å². The first-order chi connectivity index (χ1) is 46.5. The fourth-order valence-electron chi connectivity index (χ4n) is 16.5. The summed E-state index contributed by atoms with van der Waals surface area (Å²) in [6.45, 7) is 2.32. The van der Waals surface area contributed by atoms with E-state index >= 15 is 0 Å². The normalized spacial score (nSPS) is 13.3. The summed E-state index contributed by atoms with van der Waals surface area (Å²) in [5.41, 5.74) is 20.2. The SMILES string of the molecule is CC1c2oc3ccc4cc(-c5ccc6sc7c(-c8oc9ccc%10ccccc%10c9c8-c8c9ccccc9c(-c9ccccc9)c9ccccc89)cccc7c6c5)ccc4c3c2-c2c3ccccc3c(-c3ccc4oc5cc(-c6ccccc6)ccc5c4c3)c3cccc1c23. The number of fused-ring (bicyclic) bond motifs is 19. The zero-order chi connectivity index (χ0) is 61.4. The van der Waals surface area contributed by atoms with E-state index in [1.54, 1.807) is 0 Å². The summed E-state index contributed by atoms with van der Waals surface area (Å²) in [4.78, 5) is 0. The lowest BCUT2D eigenvalue weighted by Gasteiger charge is -2.26. The van der Waals surface area contributed by atoms with Crippen LogP contribution in [0, 0.1) is 0 Å². The second-order valence-electron chi connectivity index (χ2n) is 25.6. The van der Waals surface area contributed by atoms with Crippen LogP contribution in [0.3, 0.4) is 0 Å². The Morgan fingerprint density at radius 3 is 1.55 bits per heavy atom. The summed E-state index contributed by atoms with van der Waals surface area (Å²) in [5, 5.41) is 21.5. The number of thiophene rings is 1. The van der Waals surface area contributed by atoms with E-state index in [0.717, 1.165) is 66.7 Å². The van der Waals surface area contributed by atoms with Gasteiger partial charge in [-0.25, -0.2) is 0 Å². The maximum Gasteiger partial charge on any atom is 0.144 e. The Morgan fingerprint density at radius 2 is 0.798 bits per heavy atom. The first kappa shape index (κ1) is 51.9. The van der Waals surface area contributed by atoms with Crippen LogP contribution in [0.1, 0.15) is 24.2 Å². The van der Waals surface area contributed by atoms with Gasteiger partial charge >= 0.3 is 0 Å². The Morgan fingerprint density at radius 1 is 0.266 bits per heavy atom. The van der Waals surface area contributed by atoms with Crippen molar-refractivity contribution in [2.45, 2.75) is 12.8 Å². The van der Waals surface area contributed by atoms with Gasteiger partial charge in [0.1, 0.15) is 33.9 Å². The standard InChI is InChI=1S/C90H52O3S/c1-50-59-30-16-32-70-80(58-38-42-74-72(48-58)62-41-35-56(49-77(62)91-74)51-18-4-2-5-19-51)65-26-12-15-29-68(65)85(81(59)70)87-84-61-40-34-54(46-57(61)37-44-75(84)92-88(50)87)55-39-45-78-73(47-55)69-31-17-33-71(90(69)94-78)89-86(83-60-23-9-8-20-52(60)36-43-76(83)93-89)82-66-27-13-10-24-63(66)79(53-21-6-3-7-22-53)64-25-11-14-28-67(64)82/h2-50H,1H3. The van der Waals surface area contributed by atoms with Crippen LogP contribution in [0.15, 0.2) is 304 Å². The van der Waals surface area contributed by atoms with Gasteiger partial charge in [0.2, 0.25) is 0 Å². The Balaban J connectivity index is 0.714. The fraction of sp³-hybridized carbons (Fsp3) is 0.0222. The maximum absolute atomic E-state index is 7.37. The Hall–Kier alpha value is -11.8. The lowest BCUT2D eigenvalue weighted by molar-refractivity contribution is 0.534. The molecule has 4 heteroatoms. The summed E-state index contributed by atoms with van der Waals surface area (Å²) in [7, 11) is 0. The Bertz CT molecular complexity index is 6620. The second-order valence-corrected chi connectivity index (χ2v) is 26.6. The van der Waals surface area contributed by atoms with Crippen LogP contribution in [0.2, 0.25) is 0 Å². The zero-order valence-electron chi connectivity index (χ0n) is 50.9. The van der Waals surface area contributed by atoms with Gasteiger partial charge in [-0.2, -0.15) is 0 Å². The molecule has 1 unspecified atom stereocenters. The van der Waals surface area contributed by atoms with Gasteiger partial charge in [-0.15, -0.1) is 11.3 Å². The monoisotopic (exact) mass is 1210 g/mol. The molecule has 94 heavy (non-hydrogen) atoms. The van der Waals surface area contributed by atoms with E-state index in [2.05, 4.69) is 298 Å². The van der Waals surface area contributed by atoms with Crippen LogP contribution in [0.5, 0.6) is 0 Å². The Kier molecular flexibility index (Phi) is 10.8. The highest BCUT2D eigenvalue weighted by Gasteiger charge is 2.34. The van der Waals surface area contributed by atoms with Crippen molar-refractivity contribution in [2.75, 3.05) is 0 Å². The molecule has 436 valence electrons. The van der Waals surface area contributed by atoms with Crippen molar-refractivity contribution in [2.24, 2.45) is 0 Å². The number of hydrogen-bond donors (Lipinski definition) is 0. The van der Waals surface area contributed by atoms with Gasteiger partial charge in [-0.05, 0) is 175 Å². The lowest BCUT2D eigenvalue weighted by Crippen LogP contribution is -2.05. The molecule has 0 amide bonds. The third-order valence-electron chi connectivity index (χ3n) is 20.7. The molecule has 0 aliphatic heterocycles. The molecule has 0 spiro atoms. The van der Waals surface area contributed by atoms with Gasteiger partial charge in [0.05, 0.1) is 0 Å². The van der Waals surface area contributed by atoms with E-state index < -0.39 is 0 Å². The van der Waals surface area contributed by atoms with Crippen LogP contribution in [-0.2, 0) is 0 Å². The molecule has 0 saturated heterocycles. The molecule has 0 saturated carbocycles. The van der Waals surface area contributed by atoms with Crippen molar-refractivity contribution in [1.29, 1.82) is 0 Å². The first-order valence-electron chi connectivity index (χ1n) is 32.4. The molecule has 0 N–H and O–H groups in total. The number of benzene rings is 16. The van der Waals surface area contributed by atoms with Gasteiger partial charge in [0.15, 0.2) is 0 Å². The van der Waals surface area contributed by atoms with Crippen LogP contribution in [-0.4, -0.2) is 0 Å². The molecule has 1 aliphatic carbocycles. The van der Waals surface area contributed by atoms with Crippen LogP contribution in [0.25, 0.3) is 207 Å². The molecule has 20 aromatic rings. The fourth-order valence-corrected chi connectivity index (χ4v) is 17.7. The molecule has 16 aromatic carbocycles. The van der Waals surface area contributed by atoms with Crippen LogP contribution < -0.4 is 0 Å². The number of hydrogen-bond acceptors (Lipinski definition) is 4. The second kappa shape index (κ2) is 19.6. The average molecular weight is 1210 g/mol. The van der Waals surface area contributed by atoms with Crippen LogP contribution >= 0.6 is 11.3 Å². The summed E-state index contributed by atoms with van der Waals surface area (Å²) >= 11 is 1.85. The van der Waals surface area contributed by atoms with Gasteiger partial charge in [-0.3, -0.25) is 0 Å². The molecule has 0 fully saturated rings. The van der Waals surface area contributed by atoms with E-state index in [4.69, 9.17) is 13.3 Å². The zero-order valence-corrected chi connectivity index (χ0v) is 51.7. The minimum absolute atomic E-state index is 0.0262. The Labute approximate surface area is 543 Å². The molecule has 21 rings (SSSR count). The predicted molar refractivity (Wildman–Crippen MR) is 397 cm³/mol. The first-order valence-corrected chi connectivity index (χ1v) is 33.2. The van der Waals surface area contributed by atoms with Crippen molar-refractivity contribution < 1.29 is 13.3 Å². The lowest BCUT2D eigenvalue weighted by atomic mass is 9.76. The largest absolute Gasteiger partial charge is 0.460 e. The minimum Gasteiger partial charge on any atom is -0.460 e. The predicted octanol–water partition coefficient (Wildman–Crippen LogP) is 26.5. The van der Waals surface area contributed by atoms with E-state index in [-0.39, 0.29) is 5.92 Å². The molecule has 4 aromatic heterocycles. The van der Waals surface area contributed by atoms with Crippen LogP contribution in [0.4, 0.5) is 0 Å². The average Bonchev–Trinajstić information content (AvgIpc) is 1.37. The van der Waals surface area contributed by atoms with Crippen molar-refractivity contribution in [3.8, 4) is 78.1 Å². The smallest absolute Gasteiger partial charge is 0.144 e. The minimum atomic E-state index is 0.0262. The molecule has 4 heterocycles. The summed E-state index contributed by atoms with van der Waals surface area (Å²) in [6, 6.07) is 107. The molecule has 0 bridgehead atoms. The molecule has 1 atom stereocenters. The quantitative estimate of drug-likeness (QED) is 0.156. The highest BCUT2D eigenvalue weighted by molar-refractivity contribution is 7.26. The third kappa shape index (κ3) is 7.31. The van der Waals surface area contributed by atoms with Crippen molar-refractivity contribution in [3.63, 3.8) is 0 Å². The van der Waals surface area contributed by atoms with E-state index in [0.29, 0.717) is 0 Å². The highest BCUT2D eigenvalue weighted by Crippen LogP contribution is 2.57. The molecule has 0 radical (unpaired) electrons. The summed E-state index contributed by atoms with van der Waals surface area (Å²) in [6.07, 6.45) is 0. The van der Waals surface area contributed by atoms with E-state index in [1.807, 2.05) is 11.3 Å². The topological polar surface area (TPSA) is 39.4 Å². The maximum atomic E-state index is 7.37. The summed E-state index contributed by atoms with van der Waals surface area (Å²) in [5.74, 6) is 1.93. The van der Waals surface area contributed by atoms with E-state index in [9.17, 15) is 0 Å². The van der Waals surface area contributed by atoms with Gasteiger partial charge in [0.25, 0.3) is 0 Å². The molecular formula is C90H52O3S. The molecular weight excluding hydrogens is 1160 g/mol. The third-order valence-corrected chi connectivity index (χ3v) is 21.9. The number of rotatable bonds is 6.